The largest absolute Gasteiger partial charge is 0.444 e. The van der Waals surface area contributed by atoms with E-state index in [0.29, 0.717) is 5.89 Å². The van der Waals surface area contributed by atoms with Crippen molar-refractivity contribution in [3.05, 3.63) is 64.6 Å². The van der Waals surface area contributed by atoms with Crippen molar-refractivity contribution in [3.63, 3.8) is 0 Å². The topological polar surface area (TPSA) is 77.3 Å². The van der Waals surface area contributed by atoms with Gasteiger partial charge in [0, 0.05) is 10.0 Å². The zero-order valence-corrected chi connectivity index (χ0v) is 13.5. The normalized spacial score (nSPS) is 10.3. The summed E-state index contributed by atoms with van der Waals surface area (Å²) in [6.07, 6.45) is -0.653. The molecular weight excluding hydrogens is 362 g/mol. The van der Waals surface area contributed by atoms with Crippen LogP contribution >= 0.6 is 15.9 Å². The lowest BCUT2D eigenvalue weighted by Crippen LogP contribution is -2.13. The van der Waals surface area contributed by atoms with Crippen LogP contribution in [0.2, 0.25) is 0 Å². The van der Waals surface area contributed by atoms with Crippen molar-refractivity contribution in [2.45, 2.75) is 6.61 Å². The van der Waals surface area contributed by atoms with E-state index in [1.54, 1.807) is 0 Å². The van der Waals surface area contributed by atoms with Crippen LogP contribution < -0.4 is 5.32 Å². The number of carbonyl (C=O) groups excluding carboxylic acids is 1. The van der Waals surface area contributed by atoms with Crippen LogP contribution in [0, 0.1) is 0 Å². The quantitative estimate of drug-likeness (QED) is 0.739. The molecule has 1 aromatic heterocycles. The van der Waals surface area contributed by atoms with Gasteiger partial charge in [-0.3, -0.25) is 0 Å². The smallest absolute Gasteiger partial charge is 0.415 e. The van der Waals surface area contributed by atoms with E-state index in [9.17, 15) is 4.79 Å². The number of rotatable bonds is 4. The van der Waals surface area contributed by atoms with Crippen molar-refractivity contribution in [2.24, 2.45) is 0 Å². The van der Waals surface area contributed by atoms with Gasteiger partial charge in [-0.05, 0) is 29.8 Å². The zero-order chi connectivity index (χ0) is 16.1. The van der Waals surface area contributed by atoms with E-state index in [1.165, 1.54) is 0 Å². The Labute approximate surface area is 140 Å². The zero-order valence-electron chi connectivity index (χ0n) is 11.9. The molecule has 0 spiro atoms. The number of hydrogen-bond acceptors (Lipinski definition) is 5. The minimum absolute atomic E-state index is 0.0130. The van der Waals surface area contributed by atoms with E-state index in [2.05, 4.69) is 31.4 Å². The number of halogens is 1. The molecule has 0 bridgehead atoms. The summed E-state index contributed by atoms with van der Waals surface area (Å²) < 4.78 is 11.4. The van der Waals surface area contributed by atoms with Crippen LogP contribution in [0.1, 0.15) is 5.56 Å². The van der Waals surface area contributed by atoms with Crippen molar-refractivity contribution in [1.29, 1.82) is 0 Å². The number of nitrogens with one attached hydrogen (secondary N) is 1. The molecule has 116 valence electrons. The molecule has 2 aromatic carbocycles. The molecule has 23 heavy (non-hydrogen) atoms. The van der Waals surface area contributed by atoms with Crippen LogP contribution in [0.15, 0.2) is 63.5 Å². The van der Waals surface area contributed by atoms with E-state index in [0.717, 1.165) is 15.6 Å². The monoisotopic (exact) mass is 373 g/mol. The highest BCUT2D eigenvalue weighted by atomic mass is 79.9. The lowest BCUT2D eigenvalue weighted by molar-refractivity contribution is 0.154. The molecule has 0 saturated carbocycles. The van der Waals surface area contributed by atoms with Gasteiger partial charge in [0.05, 0.1) is 0 Å². The molecule has 1 amide bonds. The summed E-state index contributed by atoms with van der Waals surface area (Å²) in [5, 5.41) is 10.1. The summed E-state index contributed by atoms with van der Waals surface area (Å²) in [6, 6.07) is 16.7. The highest BCUT2D eigenvalue weighted by molar-refractivity contribution is 9.10. The minimum atomic E-state index is -0.653. The summed E-state index contributed by atoms with van der Waals surface area (Å²) in [5.74, 6) is 0.316. The van der Waals surface area contributed by atoms with Crippen LogP contribution in [0.4, 0.5) is 10.8 Å². The van der Waals surface area contributed by atoms with Gasteiger partial charge in [-0.2, -0.15) is 0 Å². The average molecular weight is 374 g/mol. The maximum atomic E-state index is 11.7. The predicted octanol–water partition coefficient (Wildman–Crippen LogP) is 4.25. The number of nitrogens with zero attached hydrogens (tertiary/aromatic N) is 2. The highest BCUT2D eigenvalue weighted by Gasteiger charge is 2.12. The van der Waals surface area contributed by atoms with E-state index < -0.39 is 6.09 Å². The Hall–Kier alpha value is -2.67. The Bertz CT molecular complexity index is 788. The highest BCUT2D eigenvalue weighted by Crippen LogP contribution is 2.21. The van der Waals surface area contributed by atoms with Gasteiger partial charge in [0.25, 0.3) is 0 Å². The van der Waals surface area contributed by atoms with Gasteiger partial charge < -0.3 is 9.15 Å². The Kier molecular flexibility index (Phi) is 4.68. The molecule has 0 radical (unpaired) electrons. The summed E-state index contributed by atoms with van der Waals surface area (Å²) in [7, 11) is 0. The third kappa shape index (κ3) is 4.17. The SMILES string of the molecule is O=C(Nc1nnc(-c2ccc(Br)cc2)o1)OCc1ccccc1. The number of carbonyl (C=O) groups is 1. The second-order valence-electron chi connectivity index (χ2n) is 4.61. The molecular formula is C16H12BrN3O3. The first-order valence-corrected chi connectivity index (χ1v) is 7.57. The Morgan fingerprint density at radius 3 is 2.57 bits per heavy atom. The molecule has 1 N–H and O–H groups in total. The molecule has 0 aliphatic heterocycles. The van der Waals surface area contributed by atoms with Gasteiger partial charge in [0.1, 0.15) is 6.61 Å². The molecule has 0 aliphatic rings. The molecule has 7 heteroatoms. The fourth-order valence-corrected chi connectivity index (χ4v) is 2.09. The second kappa shape index (κ2) is 7.06. The van der Waals surface area contributed by atoms with E-state index >= 15 is 0 Å². The van der Waals surface area contributed by atoms with E-state index in [1.807, 2.05) is 54.6 Å². The van der Waals surface area contributed by atoms with Crippen LogP contribution in [-0.4, -0.2) is 16.3 Å². The van der Waals surface area contributed by atoms with Crippen molar-refractivity contribution in [2.75, 3.05) is 5.32 Å². The van der Waals surface area contributed by atoms with Gasteiger partial charge in [0.15, 0.2) is 0 Å². The van der Waals surface area contributed by atoms with Gasteiger partial charge in [-0.1, -0.05) is 51.4 Å². The summed E-state index contributed by atoms with van der Waals surface area (Å²) in [4.78, 5) is 11.7. The van der Waals surface area contributed by atoms with Crippen LogP contribution in [0.3, 0.4) is 0 Å². The molecule has 6 nitrogen and oxygen atoms in total. The minimum Gasteiger partial charge on any atom is -0.444 e. The number of aromatic nitrogens is 2. The van der Waals surface area contributed by atoms with E-state index in [-0.39, 0.29) is 12.6 Å². The summed E-state index contributed by atoms with van der Waals surface area (Å²) in [6.45, 7) is 0.167. The standard InChI is InChI=1S/C16H12BrN3O3/c17-13-8-6-12(7-9-13)14-19-20-15(23-14)18-16(21)22-10-11-4-2-1-3-5-11/h1-9H,10H2,(H,18,20,21). The first-order chi connectivity index (χ1) is 11.2. The second-order valence-corrected chi connectivity index (χ2v) is 5.52. The van der Waals surface area contributed by atoms with Gasteiger partial charge >= 0.3 is 12.1 Å². The van der Waals surface area contributed by atoms with E-state index in [4.69, 9.17) is 9.15 Å². The summed E-state index contributed by atoms with van der Waals surface area (Å²) >= 11 is 3.35. The fourth-order valence-electron chi connectivity index (χ4n) is 1.83. The maximum Gasteiger partial charge on any atom is 0.415 e. The molecule has 3 rings (SSSR count). The molecule has 0 fully saturated rings. The Morgan fingerprint density at radius 1 is 1.09 bits per heavy atom. The average Bonchev–Trinajstić information content (AvgIpc) is 3.03. The van der Waals surface area contributed by atoms with Crippen LogP contribution in [-0.2, 0) is 11.3 Å². The van der Waals surface area contributed by atoms with Crippen LogP contribution in [0.5, 0.6) is 0 Å². The van der Waals surface area contributed by atoms with Gasteiger partial charge in [-0.15, -0.1) is 5.10 Å². The Balaban J connectivity index is 1.58. The molecule has 0 aliphatic carbocycles. The third-order valence-electron chi connectivity index (χ3n) is 2.94. The first-order valence-electron chi connectivity index (χ1n) is 6.78. The molecule has 3 aromatic rings. The Morgan fingerprint density at radius 2 is 1.83 bits per heavy atom. The van der Waals surface area contributed by atoms with Crippen molar-refractivity contribution >= 4 is 28.0 Å². The molecule has 0 unspecified atom stereocenters. The number of anilines is 1. The lowest BCUT2D eigenvalue weighted by atomic mass is 10.2. The maximum absolute atomic E-state index is 11.7. The van der Waals surface area contributed by atoms with Gasteiger partial charge in [0.2, 0.25) is 5.89 Å². The van der Waals surface area contributed by atoms with Crippen LogP contribution in [0.25, 0.3) is 11.5 Å². The third-order valence-corrected chi connectivity index (χ3v) is 3.47. The number of ether oxygens (including phenoxy) is 1. The van der Waals surface area contributed by atoms with Crippen molar-refractivity contribution in [3.8, 4) is 11.5 Å². The first kappa shape index (κ1) is 15.2. The number of hydrogen-bond donors (Lipinski definition) is 1. The van der Waals surface area contributed by atoms with Gasteiger partial charge in [-0.25, -0.2) is 10.1 Å². The molecule has 0 atom stereocenters. The van der Waals surface area contributed by atoms with Crippen molar-refractivity contribution in [1.82, 2.24) is 10.2 Å². The molecule has 1 heterocycles. The predicted molar refractivity (Wildman–Crippen MR) is 87.7 cm³/mol. The number of amides is 1. The molecule has 0 saturated heterocycles. The number of benzene rings is 2. The van der Waals surface area contributed by atoms with Crippen molar-refractivity contribution < 1.29 is 13.9 Å². The lowest BCUT2D eigenvalue weighted by Gasteiger charge is -2.03. The fraction of sp³-hybridized carbons (Fsp3) is 0.0625. The summed E-state index contributed by atoms with van der Waals surface area (Å²) in [5.41, 5.74) is 1.65.